The van der Waals surface area contributed by atoms with Gasteiger partial charge in [0.2, 0.25) is 0 Å². The lowest BCUT2D eigenvalue weighted by Crippen LogP contribution is -2.25. The Balaban J connectivity index is 2.01. The summed E-state index contributed by atoms with van der Waals surface area (Å²) >= 11 is 0. The Morgan fingerprint density at radius 2 is 1.82 bits per heavy atom. The van der Waals surface area contributed by atoms with Crippen LogP contribution in [0.3, 0.4) is 0 Å². The number of esters is 1. The van der Waals surface area contributed by atoms with E-state index in [1.54, 1.807) is 42.5 Å². The number of amidine groups is 1. The first kappa shape index (κ1) is 25.1. The minimum atomic E-state index is -0.887. The Morgan fingerprint density at radius 1 is 1.12 bits per heavy atom. The summed E-state index contributed by atoms with van der Waals surface area (Å²) < 4.78 is 10.1. The first-order valence-electron chi connectivity index (χ1n) is 10.2. The molecule has 0 aliphatic rings. The summed E-state index contributed by atoms with van der Waals surface area (Å²) in [5.41, 5.74) is 8.04. The van der Waals surface area contributed by atoms with Crippen LogP contribution in [-0.4, -0.2) is 49.0 Å². The number of rotatable bonds is 12. The van der Waals surface area contributed by atoms with Crippen molar-refractivity contribution < 1.29 is 29.0 Å². The van der Waals surface area contributed by atoms with Crippen molar-refractivity contribution in [1.82, 2.24) is 5.32 Å². The summed E-state index contributed by atoms with van der Waals surface area (Å²) in [4.78, 5) is 34.4. The summed E-state index contributed by atoms with van der Waals surface area (Å²) in [6, 6.07) is 11.9. The highest BCUT2D eigenvalue weighted by molar-refractivity contribution is 5.98. The molecular formula is C24H27N3O6. The summed E-state index contributed by atoms with van der Waals surface area (Å²) in [6.07, 6.45) is 4.38. The number of ether oxygens (including phenoxy) is 2. The van der Waals surface area contributed by atoms with Gasteiger partial charge >= 0.3 is 11.9 Å². The maximum absolute atomic E-state index is 12.3. The third-order valence-electron chi connectivity index (χ3n) is 4.63. The number of carboxylic acids is 1. The minimum Gasteiger partial charge on any atom is -0.481 e. The zero-order valence-corrected chi connectivity index (χ0v) is 18.3. The van der Waals surface area contributed by atoms with Crippen LogP contribution in [0.5, 0.6) is 5.75 Å². The van der Waals surface area contributed by atoms with Gasteiger partial charge in [0, 0.05) is 29.7 Å². The minimum absolute atomic E-state index is 0.00791. The number of carbonyl (C=O) groups is 3. The molecule has 33 heavy (non-hydrogen) atoms. The van der Waals surface area contributed by atoms with Crippen molar-refractivity contribution in [2.24, 2.45) is 5.73 Å². The molecule has 0 unspecified atom stereocenters. The van der Waals surface area contributed by atoms with Crippen LogP contribution in [0.25, 0.3) is 6.08 Å². The van der Waals surface area contributed by atoms with Crippen molar-refractivity contribution in [3.63, 3.8) is 0 Å². The molecule has 2 aromatic carbocycles. The van der Waals surface area contributed by atoms with Crippen LogP contribution in [0.15, 0.2) is 48.5 Å². The highest BCUT2D eigenvalue weighted by Crippen LogP contribution is 2.23. The molecule has 0 saturated heterocycles. The fourth-order valence-corrected chi connectivity index (χ4v) is 2.85. The van der Waals surface area contributed by atoms with Crippen molar-refractivity contribution in [2.75, 3.05) is 20.3 Å². The molecule has 0 fully saturated rings. The van der Waals surface area contributed by atoms with Crippen molar-refractivity contribution in [3.8, 4) is 5.75 Å². The zero-order chi connectivity index (χ0) is 24.2. The van der Waals surface area contributed by atoms with Gasteiger partial charge in [0.1, 0.15) is 11.6 Å². The molecule has 2 rings (SSSR count). The normalized spacial score (nSPS) is 10.6. The monoisotopic (exact) mass is 453 g/mol. The van der Waals surface area contributed by atoms with Crippen LogP contribution in [0.4, 0.5) is 0 Å². The van der Waals surface area contributed by atoms with Crippen molar-refractivity contribution >= 4 is 29.8 Å². The molecule has 0 saturated carbocycles. The summed E-state index contributed by atoms with van der Waals surface area (Å²) in [5.74, 6) is -1.24. The van der Waals surface area contributed by atoms with Gasteiger partial charge in [0.05, 0.1) is 7.11 Å². The van der Waals surface area contributed by atoms with Crippen LogP contribution < -0.4 is 15.8 Å². The molecular weight excluding hydrogens is 426 g/mol. The number of methoxy groups -OCH3 is 1. The number of allylic oxidation sites excluding steroid dienone is 1. The van der Waals surface area contributed by atoms with Gasteiger partial charge in [-0.3, -0.25) is 15.0 Å². The lowest BCUT2D eigenvalue weighted by Gasteiger charge is -2.11. The van der Waals surface area contributed by atoms with Crippen LogP contribution in [0.2, 0.25) is 0 Å². The number of benzene rings is 2. The van der Waals surface area contributed by atoms with Crippen LogP contribution in [-0.2, 0) is 20.7 Å². The van der Waals surface area contributed by atoms with E-state index < -0.39 is 11.9 Å². The van der Waals surface area contributed by atoms with Gasteiger partial charge in [-0.2, -0.15) is 0 Å². The van der Waals surface area contributed by atoms with Gasteiger partial charge in [-0.15, -0.1) is 0 Å². The number of nitrogens with two attached hydrogens (primary N) is 1. The Hall–Kier alpha value is -4.14. The number of aliphatic carboxylic acids is 1. The number of carbonyl (C=O) groups excluding carboxylic acids is 2. The highest BCUT2D eigenvalue weighted by atomic mass is 16.6. The lowest BCUT2D eigenvalue weighted by molar-refractivity contribution is -0.143. The molecule has 1 amide bonds. The number of amides is 1. The largest absolute Gasteiger partial charge is 0.481 e. The molecule has 0 bridgehead atoms. The second-order valence-corrected chi connectivity index (χ2v) is 7.07. The van der Waals surface area contributed by atoms with Gasteiger partial charge in [-0.1, -0.05) is 30.4 Å². The van der Waals surface area contributed by atoms with Crippen LogP contribution in [0.1, 0.15) is 39.9 Å². The molecule has 0 aliphatic heterocycles. The average molecular weight is 453 g/mol. The van der Waals surface area contributed by atoms with E-state index in [0.717, 1.165) is 5.56 Å². The number of hydrogen-bond acceptors (Lipinski definition) is 6. The standard InChI is InChI=1S/C24H27N3O6/c1-32-22(30)15-33-20-11-6-16(14-19(20)4-2-3-5-21(28)29)12-13-27-24(31)18-9-7-17(8-10-18)23(25)26/h2,4,6-11,14H,3,5,12-13,15H2,1H3,(H3,25,26)(H,27,31)(H,28,29)/b4-2+. The van der Waals surface area contributed by atoms with E-state index in [9.17, 15) is 14.4 Å². The van der Waals surface area contributed by atoms with E-state index in [0.29, 0.717) is 41.8 Å². The number of nitrogen functional groups attached to an aromatic ring is 1. The second-order valence-electron chi connectivity index (χ2n) is 7.07. The van der Waals surface area contributed by atoms with Crippen LogP contribution >= 0.6 is 0 Å². The predicted molar refractivity (Wildman–Crippen MR) is 123 cm³/mol. The van der Waals surface area contributed by atoms with Gasteiger partial charge in [-0.05, 0) is 42.7 Å². The zero-order valence-electron chi connectivity index (χ0n) is 18.3. The first-order valence-corrected chi connectivity index (χ1v) is 10.2. The Morgan fingerprint density at radius 3 is 2.45 bits per heavy atom. The molecule has 0 atom stereocenters. The molecule has 5 N–H and O–H groups in total. The summed E-state index contributed by atoms with van der Waals surface area (Å²) in [5, 5.41) is 19.0. The Kier molecular flexibility index (Phi) is 9.63. The van der Waals surface area contributed by atoms with E-state index >= 15 is 0 Å². The molecule has 0 spiro atoms. The smallest absolute Gasteiger partial charge is 0.343 e. The Bertz CT molecular complexity index is 1030. The van der Waals surface area contributed by atoms with E-state index in [2.05, 4.69) is 10.1 Å². The second kappa shape index (κ2) is 12.7. The average Bonchev–Trinajstić information content (AvgIpc) is 2.80. The lowest BCUT2D eigenvalue weighted by atomic mass is 10.1. The maximum atomic E-state index is 12.3. The molecule has 9 nitrogen and oxygen atoms in total. The van der Waals surface area contributed by atoms with Gasteiger partial charge in [-0.25, -0.2) is 4.79 Å². The van der Waals surface area contributed by atoms with Gasteiger partial charge in [0.25, 0.3) is 5.91 Å². The first-order chi connectivity index (χ1) is 15.8. The number of carboxylic acid groups (broad SMARTS) is 1. The number of nitrogens with one attached hydrogen (secondary N) is 2. The van der Waals surface area contributed by atoms with E-state index in [-0.39, 0.29) is 24.8 Å². The van der Waals surface area contributed by atoms with E-state index in [1.165, 1.54) is 7.11 Å². The Labute approximate surface area is 191 Å². The molecule has 0 aromatic heterocycles. The molecule has 9 heteroatoms. The third-order valence-corrected chi connectivity index (χ3v) is 4.63. The maximum Gasteiger partial charge on any atom is 0.343 e. The summed E-state index contributed by atoms with van der Waals surface area (Å²) in [6.45, 7) is 0.141. The number of hydrogen-bond donors (Lipinski definition) is 4. The molecule has 174 valence electrons. The molecule has 2 aromatic rings. The van der Waals surface area contributed by atoms with Crippen molar-refractivity contribution in [2.45, 2.75) is 19.3 Å². The van der Waals surface area contributed by atoms with Crippen molar-refractivity contribution in [3.05, 3.63) is 70.8 Å². The fraction of sp³-hybridized carbons (Fsp3) is 0.250. The highest BCUT2D eigenvalue weighted by Gasteiger charge is 2.09. The van der Waals surface area contributed by atoms with Crippen molar-refractivity contribution in [1.29, 1.82) is 5.41 Å². The topological polar surface area (TPSA) is 152 Å². The van der Waals surface area contributed by atoms with Gasteiger partial charge in [0.15, 0.2) is 6.61 Å². The SMILES string of the molecule is COC(=O)COc1ccc(CCNC(=O)c2ccc(C(=N)N)cc2)cc1/C=C/CCC(=O)O. The third kappa shape index (κ3) is 8.48. The van der Waals surface area contributed by atoms with E-state index in [1.807, 2.05) is 12.1 Å². The van der Waals surface area contributed by atoms with E-state index in [4.69, 9.17) is 21.0 Å². The quantitative estimate of drug-likeness (QED) is 0.219. The predicted octanol–water partition coefficient (Wildman–Crippen LogP) is 2.37. The molecule has 0 aliphatic carbocycles. The summed E-state index contributed by atoms with van der Waals surface area (Å²) in [7, 11) is 1.27. The molecule has 0 radical (unpaired) electrons. The van der Waals surface area contributed by atoms with Gasteiger partial charge < -0.3 is 25.6 Å². The fourth-order valence-electron chi connectivity index (χ4n) is 2.85. The van der Waals surface area contributed by atoms with Crippen LogP contribution in [0, 0.1) is 5.41 Å². The molecule has 0 heterocycles.